The maximum atomic E-state index is 5.96. The van der Waals surface area contributed by atoms with E-state index in [1.165, 1.54) is 29.9 Å². The minimum absolute atomic E-state index is 0.594. The number of hydrogen-bond acceptors (Lipinski definition) is 6. The summed E-state index contributed by atoms with van der Waals surface area (Å²) >= 11 is 1.44. The standard InChI is InChI=1S/C15H19N3O2S/c1-19-11-6-3-9(7-12(11)20-2)8-17-15-13(10-4-5-10)14(16)18-21-15/h3,6-7,10,17H,4-5,8H2,1-2H3,(H2,16,18). The summed E-state index contributed by atoms with van der Waals surface area (Å²) in [5.74, 6) is 2.75. The van der Waals surface area contributed by atoms with Crippen molar-refractivity contribution in [3.05, 3.63) is 29.3 Å². The third-order valence-electron chi connectivity index (χ3n) is 3.64. The van der Waals surface area contributed by atoms with Gasteiger partial charge in [0.05, 0.1) is 14.2 Å². The van der Waals surface area contributed by atoms with E-state index in [1.54, 1.807) is 14.2 Å². The van der Waals surface area contributed by atoms with E-state index in [4.69, 9.17) is 15.2 Å². The quantitative estimate of drug-likeness (QED) is 0.857. The molecule has 0 radical (unpaired) electrons. The smallest absolute Gasteiger partial charge is 0.161 e. The summed E-state index contributed by atoms with van der Waals surface area (Å²) in [4.78, 5) is 0. The van der Waals surface area contributed by atoms with E-state index in [0.717, 1.165) is 22.1 Å². The molecule has 0 spiro atoms. The molecule has 1 aromatic carbocycles. The highest BCUT2D eigenvalue weighted by atomic mass is 32.1. The zero-order chi connectivity index (χ0) is 14.8. The summed E-state index contributed by atoms with van der Waals surface area (Å²) in [6.45, 7) is 0.710. The van der Waals surface area contributed by atoms with Gasteiger partial charge in [0.25, 0.3) is 0 Å². The lowest BCUT2D eigenvalue weighted by Gasteiger charge is -2.11. The van der Waals surface area contributed by atoms with Crippen molar-refractivity contribution in [2.45, 2.75) is 25.3 Å². The van der Waals surface area contributed by atoms with Gasteiger partial charge in [-0.25, -0.2) is 0 Å². The van der Waals surface area contributed by atoms with Crippen molar-refractivity contribution in [1.29, 1.82) is 0 Å². The first-order valence-corrected chi connectivity index (χ1v) is 7.70. The van der Waals surface area contributed by atoms with E-state index in [0.29, 0.717) is 18.3 Å². The van der Waals surface area contributed by atoms with E-state index in [2.05, 4.69) is 9.69 Å². The van der Waals surface area contributed by atoms with Crippen LogP contribution in [0.5, 0.6) is 11.5 Å². The van der Waals surface area contributed by atoms with Gasteiger partial charge in [-0.15, -0.1) is 0 Å². The molecule has 6 heteroatoms. The number of nitrogen functional groups attached to an aromatic ring is 1. The molecule has 0 amide bonds. The maximum Gasteiger partial charge on any atom is 0.161 e. The predicted molar refractivity (Wildman–Crippen MR) is 85.4 cm³/mol. The van der Waals surface area contributed by atoms with Crippen molar-refractivity contribution in [3.63, 3.8) is 0 Å². The second kappa shape index (κ2) is 5.81. The second-order valence-electron chi connectivity index (χ2n) is 5.13. The van der Waals surface area contributed by atoms with Crippen LogP contribution in [-0.4, -0.2) is 18.6 Å². The van der Waals surface area contributed by atoms with Gasteiger partial charge < -0.3 is 20.5 Å². The Labute approximate surface area is 128 Å². The number of rotatable bonds is 6. The van der Waals surface area contributed by atoms with Crippen molar-refractivity contribution >= 4 is 22.4 Å². The van der Waals surface area contributed by atoms with Crippen molar-refractivity contribution in [2.75, 3.05) is 25.3 Å². The minimum Gasteiger partial charge on any atom is -0.493 e. The highest BCUT2D eigenvalue weighted by Gasteiger charge is 2.30. The van der Waals surface area contributed by atoms with Crippen molar-refractivity contribution in [1.82, 2.24) is 4.37 Å². The topological polar surface area (TPSA) is 69.4 Å². The molecule has 1 aromatic heterocycles. The van der Waals surface area contributed by atoms with E-state index >= 15 is 0 Å². The van der Waals surface area contributed by atoms with Gasteiger partial charge in [0.15, 0.2) is 11.5 Å². The molecular weight excluding hydrogens is 286 g/mol. The number of methoxy groups -OCH3 is 2. The Bertz CT molecular complexity index is 638. The lowest BCUT2D eigenvalue weighted by molar-refractivity contribution is 0.354. The highest BCUT2D eigenvalue weighted by molar-refractivity contribution is 7.10. The van der Waals surface area contributed by atoms with Gasteiger partial charge in [-0.3, -0.25) is 0 Å². The number of aromatic nitrogens is 1. The van der Waals surface area contributed by atoms with E-state index < -0.39 is 0 Å². The highest BCUT2D eigenvalue weighted by Crippen LogP contribution is 2.47. The van der Waals surface area contributed by atoms with Crippen LogP contribution < -0.4 is 20.5 Å². The van der Waals surface area contributed by atoms with Crippen LogP contribution in [0.15, 0.2) is 18.2 Å². The van der Waals surface area contributed by atoms with Gasteiger partial charge in [0.1, 0.15) is 10.8 Å². The Kier molecular flexibility index (Phi) is 3.88. The number of anilines is 2. The fourth-order valence-electron chi connectivity index (χ4n) is 2.38. The van der Waals surface area contributed by atoms with Gasteiger partial charge in [0.2, 0.25) is 0 Å². The molecule has 0 unspecified atom stereocenters. The number of nitrogens with one attached hydrogen (secondary N) is 1. The first-order valence-electron chi connectivity index (χ1n) is 6.92. The molecule has 0 aliphatic heterocycles. The first kappa shape index (κ1) is 14.0. The fourth-order valence-corrected chi connectivity index (χ4v) is 3.17. The van der Waals surface area contributed by atoms with Crippen molar-refractivity contribution < 1.29 is 9.47 Å². The molecule has 112 valence electrons. The molecule has 2 aromatic rings. The summed E-state index contributed by atoms with van der Waals surface area (Å²) in [5, 5.41) is 4.53. The molecule has 3 rings (SSSR count). The molecule has 1 saturated carbocycles. The number of hydrogen-bond donors (Lipinski definition) is 2. The molecule has 1 fully saturated rings. The molecular formula is C15H19N3O2S. The normalized spacial score (nSPS) is 14.0. The van der Waals surface area contributed by atoms with Crippen LogP contribution in [0.3, 0.4) is 0 Å². The Morgan fingerprint density at radius 2 is 2.05 bits per heavy atom. The SMILES string of the molecule is COc1ccc(CNc2snc(N)c2C2CC2)cc1OC. The molecule has 21 heavy (non-hydrogen) atoms. The average Bonchev–Trinajstić information content (AvgIpc) is 3.28. The van der Waals surface area contributed by atoms with Gasteiger partial charge in [-0.05, 0) is 48.0 Å². The van der Waals surface area contributed by atoms with Gasteiger partial charge in [-0.1, -0.05) is 6.07 Å². The van der Waals surface area contributed by atoms with Crippen molar-refractivity contribution in [3.8, 4) is 11.5 Å². The molecule has 3 N–H and O–H groups in total. The Morgan fingerprint density at radius 1 is 1.29 bits per heavy atom. The van der Waals surface area contributed by atoms with Crippen LogP contribution >= 0.6 is 11.5 Å². The summed E-state index contributed by atoms with van der Waals surface area (Å²) in [5.41, 5.74) is 8.28. The fraction of sp³-hybridized carbons (Fsp3) is 0.400. The molecule has 0 saturated heterocycles. The Morgan fingerprint density at radius 3 is 2.71 bits per heavy atom. The molecule has 1 aliphatic rings. The van der Waals surface area contributed by atoms with Crippen LogP contribution in [0, 0.1) is 0 Å². The lowest BCUT2D eigenvalue weighted by Crippen LogP contribution is -2.01. The summed E-state index contributed by atoms with van der Waals surface area (Å²) in [6, 6.07) is 5.92. The lowest BCUT2D eigenvalue weighted by atomic mass is 10.2. The van der Waals surface area contributed by atoms with E-state index in [9.17, 15) is 0 Å². The van der Waals surface area contributed by atoms with Crippen LogP contribution in [-0.2, 0) is 6.54 Å². The number of nitrogens with zero attached hydrogens (tertiary/aromatic N) is 1. The maximum absolute atomic E-state index is 5.96. The van der Waals surface area contributed by atoms with Gasteiger partial charge in [0, 0.05) is 12.1 Å². The molecule has 0 atom stereocenters. The number of ether oxygens (including phenoxy) is 2. The van der Waals surface area contributed by atoms with Gasteiger partial charge >= 0.3 is 0 Å². The van der Waals surface area contributed by atoms with Gasteiger partial charge in [-0.2, -0.15) is 4.37 Å². The second-order valence-corrected chi connectivity index (χ2v) is 5.90. The summed E-state index contributed by atoms with van der Waals surface area (Å²) in [6.07, 6.45) is 2.43. The zero-order valence-corrected chi connectivity index (χ0v) is 13.0. The third-order valence-corrected chi connectivity index (χ3v) is 4.48. The largest absolute Gasteiger partial charge is 0.493 e. The van der Waals surface area contributed by atoms with Crippen LogP contribution in [0.1, 0.15) is 29.9 Å². The monoisotopic (exact) mass is 305 g/mol. The average molecular weight is 305 g/mol. The predicted octanol–water partition coefficient (Wildman–Crippen LogP) is 3.23. The first-order chi connectivity index (χ1) is 10.2. The summed E-state index contributed by atoms with van der Waals surface area (Å²) < 4.78 is 14.8. The number of nitrogens with two attached hydrogens (primary N) is 1. The van der Waals surface area contributed by atoms with E-state index in [1.807, 2.05) is 18.2 Å². The van der Waals surface area contributed by atoms with Crippen LogP contribution in [0.4, 0.5) is 10.8 Å². The third kappa shape index (κ3) is 2.90. The minimum atomic E-state index is 0.594. The van der Waals surface area contributed by atoms with Crippen molar-refractivity contribution in [2.24, 2.45) is 0 Å². The molecule has 1 aliphatic carbocycles. The molecule has 1 heterocycles. The molecule has 5 nitrogen and oxygen atoms in total. The zero-order valence-electron chi connectivity index (χ0n) is 12.2. The van der Waals surface area contributed by atoms with E-state index in [-0.39, 0.29) is 0 Å². The number of benzene rings is 1. The van der Waals surface area contributed by atoms with Crippen LogP contribution in [0.2, 0.25) is 0 Å². The Balaban J connectivity index is 1.73. The molecule has 0 bridgehead atoms. The summed E-state index contributed by atoms with van der Waals surface area (Å²) in [7, 11) is 3.28. The van der Waals surface area contributed by atoms with Crippen LogP contribution in [0.25, 0.3) is 0 Å². The Hall–Kier alpha value is -1.95.